The van der Waals surface area contributed by atoms with Gasteiger partial charge in [-0.05, 0) is 31.7 Å². The summed E-state index contributed by atoms with van der Waals surface area (Å²) < 4.78 is 0. The van der Waals surface area contributed by atoms with Crippen LogP contribution in [0.2, 0.25) is 0 Å². The Morgan fingerprint density at radius 1 is 1.50 bits per heavy atom. The Balaban J connectivity index is 1.65. The summed E-state index contributed by atoms with van der Waals surface area (Å²) in [6.45, 7) is 5.08. The second-order valence-corrected chi connectivity index (χ2v) is 5.49. The molecule has 2 atom stereocenters. The largest absolute Gasteiger partial charge is 0.356 e. The predicted octanol–water partition coefficient (Wildman–Crippen LogP) is 1.46. The van der Waals surface area contributed by atoms with E-state index >= 15 is 0 Å². The zero-order chi connectivity index (χ0) is 11.5. The van der Waals surface area contributed by atoms with Crippen molar-refractivity contribution in [3.05, 3.63) is 0 Å². The molecule has 1 heterocycles. The monoisotopic (exact) mass is 244 g/mol. The van der Waals surface area contributed by atoms with Crippen molar-refractivity contribution in [2.75, 3.05) is 25.5 Å². The van der Waals surface area contributed by atoms with Crippen molar-refractivity contribution in [1.29, 1.82) is 0 Å². The van der Waals surface area contributed by atoms with E-state index in [9.17, 15) is 4.79 Å². The van der Waals surface area contributed by atoms with Crippen molar-refractivity contribution < 1.29 is 4.79 Å². The first-order valence-corrected chi connectivity index (χ1v) is 6.82. The lowest BCUT2D eigenvalue weighted by Crippen LogP contribution is -2.35. The lowest BCUT2D eigenvalue weighted by atomic mass is 10.1. The fourth-order valence-corrected chi connectivity index (χ4v) is 2.43. The van der Waals surface area contributed by atoms with E-state index in [1.54, 1.807) is 0 Å². The van der Waals surface area contributed by atoms with Gasteiger partial charge in [0.15, 0.2) is 0 Å². The molecule has 0 aromatic heterocycles. The summed E-state index contributed by atoms with van der Waals surface area (Å²) in [6.07, 6.45) is 3.98. The van der Waals surface area contributed by atoms with Crippen molar-refractivity contribution in [3.8, 4) is 0 Å². The summed E-state index contributed by atoms with van der Waals surface area (Å²) in [6, 6.07) is 0.863. The van der Waals surface area contributed by atoms with Gasteiger partial charge in [0.1, 0.15) is 0 Å². The lowest BCUT2D eigenvalue weighted by molar-refractivity contribution is -0.124. The Morgan fingerprint density at radius 3 is 2.88 bits per heavy atom. The van der Waals surface area contributed by atoms with Gasteiger partial charge in [0.2, 0.25) is 5.91 Å². The Bertz CT molecular complexity index is 255. The molecule has 1 saturated carbocycles. The quantitative estimate of drug-likeness (QED) is 0.743. The molecule has 92 valence electrons. The van der Waals surface area contributed by atoms with Crippen LogP contribution in [-0.4, -0.2) is 42.4 Å². The van der Waals surface area contributed by atoms with E-state index < -0.39 is 0 Å². The summed E-state index contributed by atoms with van der Waals surface area (Å²) in [4.78, 5) is 14.1. The highest BCUT2D eigenvalue weighted by molar-refractivity contribution is 6.19. The topological polar surface area (TPSA) is 32.3 Å². The number of carbonyl (C=O) groups excluding carboxylic acids is 1. The summed E-state index contributed by atoms with van der Waals surface area (Å²) in [5.41, 5.74) is 0. The van der Waals surface area contributed by atoms with Crippen molar-refractivity contribution >= 4 is 17.5 Å². The first-order chi connectivity index (χ1) is 7.70. The minimum Gasteiger partial charge on any atom is -0.356 e. The molecule has 1 aliphatic heterocycles. The van der Waals surface area contributed by atoms with Crippen LogP contribution in [0.15, 0.2) is 0 Å². The molecule has 0 radical (unpaired) electrons. The van der Waals surface area contributed by atoms with Gasteiger partial charge < -0.3 is 10.2 Å². The van der Waals surface area contributed by atoms with Crippen LogP contribution in [0.3, 0.4) is 0 Å². The maximum absolute atomic E-state index is 11.5. The first kappa shape index (κ1) is 12.2. The molecule has 4 heteroatoms. The van der Waals surface area contributed by atoms with Crippen LogP contribution < -0.4 is 5.32 Å². The average molecular weight is 245 g/mol. The van der Waals surface area contributed by atoms with Crippen molar-refractivity contribution in [2.24, 2.45) is 11.8 Å². The number of alkyl halides is 1. The van der Waals surface area contributed by atoms with Gasteiger partial charge in [0, 0.05) is 30.9 Å². The number of likely N-dealkylation sites (tertiary alicyclic amines) is 1. The van der Waals surface area contributed by atoms with Gasteiger partial charge in [-0.1, -0.05) is 6.92 Å². The molecule has 0 spiro atoms. The molecular formula is C12H21ClN2O. The Labute approximate surface area is 103 Å². The van der Waals surface area contributed by atoms with E-state index in [1.165, 1.54) is 32.4 Å². The molecule has 3 nitrogen and oxygen atoms in total. The third-order valence-electron chi connectivity index (χ3n) is 3.62. The van der Waals surface area contributed by atoms with Gasteiger partial charge in [0.05, 0.1) is 0 Å². The number of hydrogen-bond donors (Lipinski definition) is 1. The third-order valence-corrected chi connectivity index (χ3v) is 4.09. The average Bonchev–Trinajstić information content (AvgIpc) is 3.05. The molecule has 2 unspecified atom stereocenters. The third kappa shape index (κ3) is 3.11. The molecule has 0 aromatic carbocycles. The maximum Gasteiger partial charge on any atom is 0.224 e. The van der Waals surface area contributed by atoms with Gasteiger partial charge in [-0.15, -0.1) is 11.6 Å². The molecule has 2 fully saturated rings. The zero-order valence-electron chi connectivity index (χ0n) is 9.92. The number of halogens is 1. The molecule has 2 aliphatic rings. The number of carbonyl (C=O) groups is 1. The van der Waals surface area contributed by atoms with Gasteiger partial charge in [-0.2, -0.15) is 0 Å². The minimum absolute atomic E-state index is 0.0670. The van der Waals surface area contributed by atoms with E-state index in [1.807, 2.05) is 6.92 Å². The highest BCUT2D eigenvalue weighted by Crippen LogP contribution is 2.31. The van der Waals surface area contributed by atoms with Crippen molar-refractivity contribution in [2.45, 2.75) is 32.2 Å². The standard InChI is InChI=1S/C12H21ClN2O/c1-9(6-13)12(16)14-7-10-4-5-15(8-10)11-2-3-11/h9-11H,2-8H2,1H3,(H,14,16). The number of amides is 1. The molecule has 1 aliphatic carbocycles. The fourth-order valence-electron chi connectivity index (χ4n) is 2.29. The number of nitrogens with one attached hydrogen (secondary N) is 1. The summed E-state index contributed by atoms with van der Waals surface area (Å²) >= 11 is 5.65. The normalized spacial score (nSPS) is 28.0. The van der Waals surface area contributed by atoms with Crippen LogP contribution in [0.1, 0.15) is 26.2 Å². The van der Waals surface area contributed by atoms with Crippen LogP contribution in [0.4, 0.5) is 0 Å². The predicted molar refractivity (Wildman–Crippen MR) is 65.6 cm³/mol. The Morgan fingerprint density at radius 2 is 2.25 bits per heavy atom. The van der Waals surface area contributed by atoms with Crippen LogP contribution in [-0.2, 0) is 4.79 Å². The molecule has 1 N–H and O–H groups in total. The van der Waals surface area contributed by atoms with Crippen molar-refractivity contribution in [1.82, 2.24) is 10.2 Å². The van der Waals surface area contributed by atoms with Crippen molar-refractivity contribution in [3.63, 3.8) is 0 Å². The summed E-state index contributed by atoms with van der Waals surface area (Å²) in [5.74, 6) is 1.08. The van der Waals surface area contributed by atoms with Crippen LogP contribution in [0.5, 0.6) is 0 Å². The fraction of sp³-hybridized carbons (Fsp3) is 0.917. The molecular weight excluding hydrogens is 224 g/mol. The van der Waals surface area contributed by atoms with Crippen LogP contribution in [0.25, 0.3) is 0 Å². The number of hydrogen-bond acceptors (Lipinski definition) is 2. The second-order valence-electron chi connectivity index (χ2n) is 5.18. The highest BCUT2D eigenvalue weighted by atomic mass is 35.5. The van der Waals surface area contributed by atoms with E-state index in [2.05, 4.69) is 10.2 Å². The van der Waals surface area contributed by atoms with E-state index in [0.717, 1.165) is 12.6 Å². The highest BCUT2D eigenvalue weighted by Gasteiger charge is 2.34. The lowest BCUT2D eigenvalue weighted by Gasteiger charge is -2.16. The van der Waals surface area contributed by atoms with E-state index in [0.29, 0.717) is 11.8 Å². The first-order valence-electron chi connectivity index (χ1n) is 6.28. The van der Waals surface area contributed by atoms with Gasteiger partial charge in [0.25, 0.3) is 0 Å². The molecule has 0 aromatic rings. The zero-order valence-corrected chi connectivity index (χ0v) is 10.7. The smallest absolute Gasteiger partial charge is 0.224 e. The Hall–Kier alpha value is -0.280. The summed E-state index contributed by atoms with van der Waals surface area (Å²) in [5, 5.41) is 3.01. The van der Waals surface area contributed by atoms with Gasteiger partial charge >= 0.3 is 0 Å². The summed E-state index contributed by atoms with van der Waals surface area (Å²) in [7, 11) is 0. The van der Waals surface area contributed by atoms with Gasteiger partial charge in [-0.3, -0.25) is 4.79 Å². The number of rotatable bonds is 5. The second kappa shape index (κ2) is 5.37. The molecule has 2 rings (SSSR count). The molecule has 16 heavy (non-hydrogen) atoms. The van der Waals surface area contributed by atoms with Gasteiger partial charge in [-0.25, -0.2) is 0 Å². The molecule has 0 bridgehead atoms. The maximum atomic E-state index is 11.5. The number of nitrogens with zero attached hydrogens (tertiary/aromatic N) is 1. The van der Waals surface area contributed by atoms with Crippen LogP contribution >= 0.6 is 11.6 Å². The molecule has 1 saturated heterocycles. The van der Waals surface area contributed by atoms with Crippen LogP contribution in [0, 0.1) is 11.8 Å². The molecule has 1 amide bonds. The SMILES string of the molecule is CC(CCl)C(=O)NCC1CCN(C2CC2)C1. The minimum atomic E-state index is -0.0670. The Kier molecular flexibility index (Phi) is 4.09. The van der Waals surface area contributed by atoms with E-state index in [4.69, 9.17) is 11.6 Å². The van der Waals surface area contributed by atoms with E-state index in [-0.39, 0.29) is 11.8 Å².